The predicted molar refractivity (Wildman–Crippen MR) is 91.9 cm³/mol. The van der Waals surface area contributed by atoms with Crippen LogP contribution in [-0.4, -0.2) is 4.98 Å². The average Bonchev–Trinajstić information content (AvgIpc) is 2.84. The van der Waals surface area contributed by atoms with Crippen molar-refractivity contribution in [2.24, 2.45) is 0 Å². The molecule has 0 spiro atoms. The van der Waals surface area contributed by atoms with Crippen LogP contribution >= 0.6 is 51.3 Å². The molecular weight excluding hydrogens is 507 g/mol. The van der Waals surface area contributed by atoms with E-state index in [0.717, 1.165) is 10.6 Å². The van der Waals surface area contributed by atoms with Crippen LogP contribution in [0.5, 0.6) is 0 Å². The van der Waals surface area contributed by atoms with Crippen molar-refractivity contribution in [1.29, 1.82) is 0 Å². The second-order valence-corrected chi connectivity index (χ2v) is 16.2. The SMILES string of the molecule is [I][V][I].[c-]1c(-c2ccccn2)sc2ccccc12. The Morgan fingerprint density at radius 1 is 1.06 bits per heavy atom. The molecule has 0 fully saturated rings. The molecule has 0 aliphatic carbocycles. The molecule has 1 aromatic carbocycles. The van der Waals surface area contributed by atoms with Gasteiger partial charge in [0.15, 0.2) is 0 Å². The molecule has 2 aromatic heterocycles. The van der Waals surface area contributed by atoms with Crippen LogP contribution in [0.3, 0.4) is 0 Å². The smallest absolute Gasteiger partial charge is 0.0161 e. The Kier molecular flexibility index (Phi) is 6.44. The third kappa shape index (κ3) is 3.93. The molecule has 0 radical (unpaired) electrons. The Labute approximate surface area is 139 Å². The molecule has 1 nitrogen and oxygen atoms in total. The quantitative estimate of drug-likeness (QED) is 0.307. The van der Waals surface area contributed by atoms with E-state index < -0.39 is 0 Å². The van der Waals surface area contributed by atoms with Crippen molar-refractivity contribution >= 4 is 61.4 Å². The maximum atomic E-state index is 4.32. The molecule has 0 bridgehead atoms. The van der Waals surface area contributed by atoms with Gasteiger partial charge in [-0.25, -0.2) is 11.3 Å². The molecule has 3 aromatic rings. The largest absolute Gasteiger partial charge is 0.303 e. The van der Waals surface area contributed by atoms with Gasteiger partial charge in [-0.05, 0) is 15.6 Å². The normalized spacial score (nSPS) is 9.67. The minimum atomic E-state index is 0.628. The summed E-state index contributed by atoms with van der Waals surface area (Å²) in [4.78, 5) is 5.43. The molecule has 3 rings (SSSR count). The number of hydrogen-bond acceptors (Lipinski definition) is 2. The van der Waals surface area contributed by atoms with Crippen molar-refractivity contribution in [2.75, 3.05) is 0 Å². The summed E-state index contributed by atoms with van der Waals surface area (Å²) in [7, 11) is 0.628. The predicted octanol–water partition coefficient (Wildman–Crippen LogP) is 5.53. The van der Waals surface area contributed by atoms with Crippen LogP contribution < -0.4 is 0 Å². The van der Waals surface area contributed by atoms with Crippen molar-refractivity contribution in [2.45, 2.75) is 0 Å². The van der Waals surface area contributed by atoms with Gasteiger partial charge in [-0.15, -0.1) is 23.6 Å². The van der Waals surface area contributed by atoms with Gasteiger partial charge in [0.05, 0.1) is 0 Å². The van der Waals surface area contributed by atoms with Crippen LogP contribution in [-0.2, 0) is 9.47 Å². The van der Waals surface area contributed by atoms with E-state index in [1.54, 1.807) is 11.3 Å². The molecule has 0 N–H and O–H groups in total. The standard InChI is InChI=1S/C13H8NS.2HI.V/c1-2-7-12-10(5-1)9-13(15-12)11-6-3-4-8-14-11;;;/h1-8H;2*1H;/q-1;;;+2/p-2. The molecule has 5 heteroatoms. The number of thiophene rings is 1. The maximum absolute atomic E-state index is 4.32. The van der Waals surface area contributed by atoms with Gasteiger partial charge < -0.3 is 4.98 Å². The van der Waals surface area contributed by atoms with Gasteiger partial charge in [-0.1, -0.05) is 24.3 Å². The Morgan fingerprint density at radius 2 is 1.78 bits per heavy atom. The van der Waals surface area contributed by atoms with Gasteiger partial charge in [0.1, 0.15) is 0 Å². The zero-order valence-electron chi connectivity index (χ0n) is 9.18. The number of aromatic nitrogens is 1. The first-order valence-electron chi connectivity index (χ1n) is 5.09. The topological polar surface area (TPSA) is 12.9 Å². The number of halogens is 2. The summed E-state index contributed by atoms with van der Waals surface area (Å²) < 4.78 is 1.26. The third-order valence-corrected chi connectivity index (χ3v) is 3.34. The molecule has 0 atom stereocenters. The van der Waals surface area contributed by atoms with Gasteiger partial charge in [0, 0.05) is 11.9 Å². The van der Waals surface area contributed by atoms with E-state index in [1.165, 1.54) is 10.1 Å². The molecule has 0 unspecified atom stereocenters. The van der Waals surface area contributed by atoms with E-state index in [0.29, 0.717) is 9.47 Å². The fourth-order valence-corrected chi connectivity index (χ4v) is 2.51. The van der Waals surface area contributed by atoms with Gasteiger partial charge in [-0.3, -0.25) is 0 Å². The number of hydrogen-bond donors (Lipinski definition) is 0. The van der Waals surface area contributed by atoms with Gasteiger partial charge >= 0.3 is 49.4 Å². The van der Waals surface area contributed by atoms with Crippen LogP contribution in [0.25, 0.3) is 20.7 Å². The van der Waals surface area contributed by atoms with Crippen molar-refractivity contribution in [3.05, 3.63) is 54.7 Å². The van der Waals surface area contributed by atoms with Crippen LogP contribution in [0.4, 0.5) is 0 Å². The van der Waals surface area contributed by atoms with E-state index in [4.69, 9.17) is 0 Å². The average molecular weight is 515 g/mol. The van der Waals surface area contributed by atoms with Crippen LogP contribution in [0.15, 0.2) is 48.7 Å². The Morgan fingerprint density at radius 3 is 2.44 bits per heavy atom. The molecule has 18 heavy (non-hydrogen) atoms. The minimum absolute atomic E-state index is 0.628. The summed E-state index contributed by atoms with van der Waals surface area (Å²) in [5, 5.41) is 1.17. The summed E-state index contributed by atoms with van der Waals surface area (Å²) in [6.07, 6.45) is 1.81. The molecular formula is C13H8I2NSV-. The molecule has 0 saturated heterocycles. The van der Waals surface area contributed by atoms with E-state index in [1.807, 2.05) is 30.5 Å². The third-order valence-electron chi connectivity index (χ3n) is 2.24. The van der Waals surface area contributed by atoms with Gasteiger partial charge in [-0.2, -0.15) is 0 Å². The van der Waals surface area contributed by atoms with E-state index >= 15 is 0 Å². The first-order chi connectivity index (χ1) is 8.85. The van der Waals surface area contributed by atoms with Gasteiger partial charge in [0.2, 0.25) is 0 Å². The van der Waals surface area contributed by atoms with Gasteiger partial charge in [0.25, 0.3) is 0 Å². The van der Waals surface area contributed by atoms with Crippen molar-refractivity contribution in [1.82, 2.24) is 4.98 Å². The van der Waals surface area contributed by atoms with Crippen LogP contribution in [0.2, 0.25) is 0 Å². The zero-order chi connectivity index (χ0) is 12.8. The van der Waals surface area contributed by atoms with E-state index in [2.05, 4.69) is 69.2 Å². The summed E-state index contributed by atoms with van der Waals surface area (Å²) in [5.41, 5.74) is 0.999. The second kappa shape index (κ2) is 7.84. The van der Waals surface area contributed by atoms with E-state index in [-0.39, 0.29) is 0 Å². The molecule has 0 aliphatic heterocycles. The molecule has 2 heterocycles. The van der Waals surface area contributed by atoms with Crippen molar-refractivity contribution in [3.8, 4) is 10.6 Å². The molecule has 0 saturated carbocycles. The monoisotopic (exact) mass is 515 g/mol. The summed E-state index contributed by atoms with van der Waals surface area (Å²) in [5.74, 6) is 0. The van der Waals surface area contributed by atoms with Crippen LogP contribution in [0, 0.1) is 6.07 Å². The zero-order valence-corrected chi connectivity index (χ0v) is 15.7. The number of nitrogens with zero attached hydrogens (tertiary/aromatic N) is 1. The van der Waals surface area contributed by atoms with E-state index in [9.17, 15) is 0 Å². The maximum Gasteiger partial charge on any atom is 0.0161 e. The van der Waals surface area contributed by atoms with Crippen LogP contribution in [0.1, 0.15) is 0 Å². The molecule has 0 aliphatic rings. The van der Waals surface area contributed by atoms with Crippen molar-refractivity contribution < 1.29 is 9.47 Å². The Bertz CT molecular complexity index is 579. The summed E-state index contributed by atoms with van der Waals surface area (Å²) in [6, 6.07) is 17.6. The number of pyridine rings is 1. The summed E-state index contributed by atoms with van der Waals surface area (Å²) in [6.45, 7) is 0. The second-order valence-electron chi connectivity index (χ2n) is 3.33. The first kappa shape index (κ1) is 14.8. The number of fused-ring (bicyclic) bond motifs is 1. The summed E-state index contributed by atoms with van der Waals surface area (Å²) >= 11 is 6.47. The van der Waals surface area contributed by atoms with Crippen molar-refractivity contribution in [3.63, 3.8) is 0 Å². The number of benzene rings is 1. The molecule has 91 valence electrons. The Hall–Kier alpha value is 0.374. The fraction of sp³-hybridized carbons (Fsp3) is 0. The fourth-order valence-electron chi connectivity index (χ4n) is 1.53. The first-order valence-corrected chi connectivity index (χ1v) is 14.9. The number of rotatable bonds is 1. The molecule has 0 amide bonds. The Balaban J connectivity index is 0.000000367. The minimum Gasteiger partial charge on any atom is -0.303 e.